The third-order valence-corrected chi connectivity index (χ3v) is 14.0. The molecule has 14 nitrogen and oxygen atoms in total. The van der Waals surface area contributed by atoms with Gasteiger partial charge >= 0.3 is 30.0 Å². The molecule has 0 saturated heterocycles. The quantitative estimate of drug-likeness (QED) is 0.144. The van der Waals surface area contributed by atoms with Crippen molar-refractivity contribution in [2.24, 2.45) is 40.9 Å². The van der Waals surface area contributed by atoms with Crippen LogP contribution in [0.4, 0.5) is 4.79 Å². The number of hydrogen-bond acceptors (Lipinski definition) is 13. The molecule has 2 aromatic carbocycles. The van der Waals surface area contributed by atoms with Gasteiger partial charge in [0.25, 0.3) is 0 Å². The van der Waals surface area contributed by atoms with Gasteiger partial charge < -0.3 is 39.2 Å². The molecule has 14 heteroatoms. The van der Waals surface area contributed by atoms with E-state index in [0.29, 0.717) is 30.4 Å². The molecule has 2 aromatic rings. The van der Waals surface area contributed by atoms with E-state index in [2.05, 4.69) is 5.32 Å². The molecule has 0 aromatic heterocycles. The molecule has 5 aliphatic rings. The number of nitrogens with one attached hydrogen (secondary N) is 1. The Balaban J connectivity index is 1.39. The first-order valence-electron chi connectivity index (χ1n) is 21.6. The lowest BCUT2D eigenvalue weighted by molar-refractivity contribution is -0.277. The fourth-order valence-electron chi connectivity index (χ4n) is 11.8. The molecule has 62 heavy (non-hydrogen) atoms. The third-order valence-electron chi connectivity index (χ3n) is 14.0. The van der Waals surface area contributed by atoms with Crippen molar-refractivity contribution in [2.45, 2.75) is 135 Å². The van der Waals surface area contributed by atoms with E-state index in [0.717, 1.165) is 0 Å². The summed E-state index contributed by atoms with van der Waals surface area (Å²) in [5.74, 6) is -6.86. The SMILES string of the molecule is CC(=O)O[C@H]1C(=O)[C@]23C[C@H]2C[C@H]2C(C)C[C@@]2(OC(C)=O)[C@H]3[C@H](OC(=O)c2ccccc2)[C@]2(O)C[C@H](OC(=O)[C@H](O)[C@@H](NC(=O)OC(C)(C)C)c3ccccc3)C(C)=C1C2C(C)C. The van der Waals surface area contributed by atoms with Gasteiger partial charge in [-0.3, -0.25) is 14.4 Å². The number of hydrogen-bond donors (Lipinski definition) is 3. The average molecular weight is 858 g/mol. The highest BCUT2D eigenvalue weighted by Gasteiger charge is 2.83. The zero-order chi connectivity index (χ0) is 45.3. The number of amides is 1. The van der Waals surface area contributed by atoms with E-state index < -0.39 is 106 Å². The summed E-state index contributed by atoms with van der Waals surface area (Å²) in [6, 6.07) is 15.2. The molecule has 1 amide bonds. The van der Waals surface area contributed by atoms with Crippen LogP contribution in [0.15, 0.2) is 71.8 Å². The van der Waals surface area contributed by atoms with Gasteiger partial charge in [0.1, 0.15) is 29.0 Å². The van der Waals surface area contributed by atoms with Crippen LogP contribution in [0, 0.1) is 40.9 Å². The Morgan fingerprint density at radius 1 is 0.871 bits per heavy atom. The zero-order valence-corrected chi connectivity index (χ0v) is 36.8. The summed E-state index contributed by atoms with van der Waals surface area (Å²) in [4.78, 5) is 83.7. The minimum absolute atomic E-state index is 0.0601. The Morgan fingerprint density at radius 3 is 2.06 bits per heavy atom. The second kappa shape index (κ2) is 16.2. The number of aliphatic hydroxyl groups excluding tert-OH is 1. The first-order chi connectivity index (χ1) is 29.1. The Kier molecular flexibility index (Phi) is 11.8. The Labute approximate surface area is 362 Å². The van der Waals surface area contributed by atoms with E-state index in [9.17, 15) is 34.2 Å². The van der Waals surface area contributed by atoms with Gasteiger partial charge in [-0.25, -0.2) is 14.4 Å². The normalized spacial score (nSPS) is 34.3. The molecule has 4 fully saturated rings. The summed E-state index contributed by atoms with van der Waals surface area (Å²) >= 11 is 0. The van der Waals surface area contributed by atoms with Crippen LogP contribution in [-0.4, -0.2) is 87.2 Å². The Hall–Kier alpha value is -5.08. The van der Waals surface area contributed by atoms with E-state index in [1.54, 1.807) is 88.4 Å². The van der Waals surface area contributed by atoms with Gasteiger partial charge in [0.15, 0.2) is 18.0 Å². The summed E-state index contributed by atoms with van der Waals surface area (Å²) in [6.07, 6.45) is -6.59. The molecule has 0 radical (unpaired) electrons. The van der Waals surface area contributed by atoms with Crippen LogP contribution in [0.25, 0.3) is 0 Å². The van der Waals surface area contributed by atoms with Crippen LogP contribution in [0.3, 0.4) is 0 Å². The molecule has 3 N–H and O–H groups in total. The fraction of sp³-hybridized carbons (Fsp3) is 0.583. The number of carbonyl (C=O) groups is 6. The summed E-state index contributed by atoms with van der Waals surface area (Å²) < 4.78 is 30.6. The molecule has 13 atom stereocenters. The molecule has 7 rings (SSSR count). The smallest absolute Gasteiger partial charge is 0.408 e. The van der Waals surface area contributed by atoms with Crippen molar-refractivity contribution in [1.29, 1.82) is 0 Å². The molecule has 4 saturated carbocycles. The number of aliphatic hydroxyl groups is 2. The lowest BCUT2D eigenvalue weighted by Crippen LogP contribution is -2.75. The van der Waals surface area contributed by atoms with Crippen molar-refractivity contribution < 1.29 is 62.7 Å². The second-order valence-electron chi connectivity index (χ2n) is 19.5. The van der Waals surface area contributed by atoms with E-state index in [1.165, 1.54) is 13.8 Å². The lowest BCUT2D eigenvalue weighted by atomic mass is 9.44. The van der Waals surface area contributed by atoms with Gasteiger partial charge in [-0.2, -0.15) is 0 Å². The average Bonchev–Trinajstić information content (AvgIpc) is 3.93. The topological polar surface area (TPSA) is 201 Å². The van der Waals surface area contributed by atoms with E-state index in [4.69, 9.17) is 23.7 Å². The van der Waals surface area contributed by atoms with E-state index in [-0.39, 0.29) is 35.3 Å². The highest BCUT2D eigenvalue weighted by molar-refractivity contribution is 5.97. The van der Waals surface area contributed by atoms with Crippen LogP contribution in [0.1, 0.15) is 110 Å². The van der Waals surface area contributed by atoms with Crippen molar-refractivity contribution in [2.75, 3.05) is 0 Å². The van der Waals surface area contributed by atoms with Crippen molar-refractivity contribution in [3.8, 4) is 0 Å². The number of fused-ring (bicyclic) bond motifs is 4. The van der Waals surface area contributed by atoms with Crippen LogP contribution >= 0.6 is 0 Å². The molecular weight excluding hydrogens is 799 g/mol. The largest absolute Gasteiger partial charge is 0.458 e. The number of benzene rings is 2. The number of ether oxygens (including phenoxy) is 5. The fourth-order valence-corrected chi connectivity index (χ4v) is 11.8. The number of carbonyl (C=O) groups excluding carboxylic acids is 6. The molecule has 0 aliphatic heterocycles. The third kappa shape index (κ3) is 7.71. The van der Waals surface area contributed by atoms with Crippen LogP contribution in [0.5, 0.6) is 0 Å². The molecule has 2 unspecified atom stereocenters. The zero-order valence-electron chi connectivity index (χ0n) is 36.8. The number of alkyl carbamates (subject to hydrolysis) is 1. The van der Waals surface area contributed by atoms with Crippen molar-refractivity contribution >= 4 is 35.8 Å². The van der Waals surface area contributed by atoms with Gasteiger partial charge in [-0.05, 0) is 93.6 Å². The molecule has 0 heterocycles. The Morgan fingerprint density at radius 2 is 1.50 bits per heavy atom. The van der Waals surface area contributed by atoms with Crippen LogP contribution < -0.4 is 5.32 Å². The number of esters is 4. The van der Waals surface area contributed by atoms with Gasteiger partial charge in [-0.15, -0.1) is 0 Å². The van der Waals surface area contributed by atoms with Gasteiger partial charge in [0.05, 0.1) is 17.5 Å². The maximum absolute atomic E-state index is 15.6. The van der Waals surface area contributed by atoms with Gasteiger partial charge in [-0.1, -0.05) is 69.3 Å². The molecule has 334 valence electrons. The minimum Gasteiger partial charge on any atom is -0.458 e. The summed E-state index contributed by atoms with van der Waals surface area (Å²) in [5.41, 5.74) is -4.68. The predicted octanol–water partition coefficient (Wildman–Crippen LogP) is 5.97. The highest BCUT2D eigenvalue weighted by atomic mass is 16.6. The maximum Gasteiger partial charge on any atom is 0.408 e. The maximum atomic E-state index is 15.6. The van der Waals surface area contributed by atoms with Gasteiger partial charge in [0, 0.05) is 37.5 Å². The number of ketones is 1. The van der Waals surface area contributed by atoms with Crippen molar-refractivity contribution in [3.05, 3.63) is 82.9 Å². The van der Waals surface area contributed by atoms with Crippen molar-refractivity contribution in [1.82, 2.24) is 5.32 Å². The highest BCUT2D eigenvalue weighted by Crippen LogP contribution is 2.77. The molecule has 2 bridgehead atoms. The number of Topliss-reactive ketones (excluding diaryl/α,β-unsaturated/α-hetero) is 1. The van der Waals surface area contributed by atoms with E-state index in [1.807, 2.05) is 20.8 Å². The summed E-state index contributed by atoms with van der Waals surface area (Å²) in [7, 11) is 0. The van der Waals surface area contributed by atoms with Gasteiger partial charge in [0.2, 0.25) is 0 Å². The predicted molar refractivity (Wildman–Crippen MR) is 222 cm³/mol. The monoisotopic (exact) mass is 857 g/mol. The summed E-state index contributed by atoms with van der Waals surface area (Å²) in [6.45, 7) is 14.8. The summed E-state index contributed by atoms with van der Waals surface area (Å²) in [5, 5.41) is 28.2. The lowest BCUT2D eigenvalue weighted by Gasteiger charge is -2.65. The standard InChI is InChI=1S/C48H59NO13/c1-24(2)35-34-26(4)33(59-43(55)37(52)36(29-16-12-10-13-17-29)49-44(56)62-45(7,8)9)23-47(35,57)41(60-42(54)30-18-14-11-15-19-30)39-46(40(53)38(34)58-27(5)50)22-31(46)20-32-25(3)21-48(32,39)61-28(6)51/h10-19,24-25,31-33,35-39,41,52,57H,20-23H2,1-9H3,(H,49,56)/t25?,31-,32+,33+,35?,36+,37-,38-,39+,41+,46-,47+,48+/m1/s1. The van der Waals surface area contributed by atoms with Crippen molar-refractivity contribution in [3.63, 3.8) is 0 Å². The second-order valence-corrected chi connectivity index (χ2v) is 19.5. The molecule has 1 spiro atoms. The van der Waals surface area contributed by atoms with E-state index >= 15 is 4.79 Å². The van der Waals surface area contributed by atoms with Crippen LogP contribution in [0.2, 0.25) is 0 Å². The first kappa shape index (κ1) is 45.0. The number of rotatable bonds is 10. The first-order valence-corrected chi connectivity index (χ1v) is 21.6. The molecule has 5 aliphatic carbocycles. The minimum atomic E-state index is -2.16. The van der Waals surface area contributed by atoms with Crippen LogP contribution in [-0.2, 0) is 42.9 Å². The molecular formula is C48H59NO13. The Bertz CT molecular complexity index is 2150.